The van der Waals surface area contributed by atoms with Gasteiger partial charge in [0, 0.05) is 6.54 Å². The lowest BCUT2D eigenvalue weighted by Crippen LogP contribution is -2.24. The number of hydrogen-bond donors (Lipinski definition) is 3. The summed E-state index contributed by atoms with van der Waals surface area (Å²) in [6.45, 7) is 4.65. The van der Waals surface area contributed by atoms with Crippen LogP contribution < -0.4 is 16.8 Å². The lowest BCUT2D eigenvalue weighted by atomic mass is 9.91. The van der Waals surface area contributed by atoms with Crippen molar-refractivity contribution in [2.24, 2.45) is 16.5 Å². The Balaban J connectivity index is 1.77. The Morgan fingerprint density at radius 2 is 2.00 bits per heavy atom. The Morgan fingerprint density at radius 3 is 2.65 bits per heavy atom. The van der Waals surface area contributed by atoms with Crippen LogP contribution >= 0.6 is 11.3 Å². The molecule has 2 rings (SSSR count). The van der Waals surface area contributed by atoms with Crippen molar-refractivity contribution in [3.63, 3.8) is 0 Å². The molecule has 1 aromatic carbocycles. The summed E-state index contributed by atoms with van der Waals surface area (Å²) < 4.78 is 0. The monoisotopic (exact) mass is 373 g/mol. The molecule has 0 aliphatic heterocycles. The van der Waals surface area contributed by atoms with Gasteiger partial charge in [-0.3, -0.25) is 4.79 Å². The lowest BCUT2D eigenvalue weighted by Gasteiger charge is -2.15. The zero-order valence-electron chi connectivity index (χ0n) is 15.4. The second-order valence-corrected chi connectivity index (χ2v) is 7.19. The third kappa shape index (κ3) is 5.84. The fourth-order valence-corrected chi connectivity index (χ4v) is 3.76. The maximum Gasteiger partial charge on any atom is 0.263 e. The van der Waals surface area contributed by atoms with E-state index in [1.807, 2.05) is 6.07 Å². The van der Waals surface area contributed by atoms with Gasteiger partial charge in [-0.05, 0) is 37.7 Å². The van der Waals surface area contributed by atoms with Gasteiger partial charge in [-0.1, -0.05) is 55.0 Å². The summed E-state index contributed by atoms with van der Waals surface area (Å²) in [7, 11) is 0. The Hall–Kier alpha value is -2.41. The first-order valence-corrected chi connectivity index (χ1v) is 9.73. The van der Waals surface area contributed by atoms with Crippen molar-refractivity contribution in [3.05, 3.63) is 46.5 Å². The van der Waals surface area contributed by atoms with E-state index in [1.165, 1.54) is 16.9 Å². The molecule has 1 unspecified atom stereocenters. The first-order chi connectivity index (χ1) is 12.5. The van der Waals surface area contributed by atoms with E-state index in [-0.39, 0.29) is 11.9 Å². The van der Waals surface area contributed by atoms with Crippen molar-refractivity contribution in [2.45, 2.75) is 45.4 Å². The summed E-state index contributed by atoms with van der Waals surface area (Å²) in [5.41, 5.74) is 12.7. The molecule has 26 heavy (non-hydrogen) atoms. The number of nitrogens with two attached hydrogens (primary N) is 2. The van der Waals surface area contributed by atoms with E-state index >= 15 is 0 Å². The van der Waals surface area contributed by atoms with Crippen LogP contribution in [-0.4, -0.2) is 23.4 Å². The summed E-state index contributed by atoms with van der Waals surface area (Å²) in [6.07, 6.45) is 4.29. The summed E-state index contributed by atoms with van der Waals surface area (Å²) in [6, 6.07) is 10.6. The molecule has 6 nitrogen and oxygen atoms in total. The Labute approximate surface area is 158 Å². The second-order valence-electron chi connectivity index (χ2n) is 6.22. The minimum absolute atomic E-state index is 0.0606. The van der Waals surface area contributed by atoms with Crippen LogP contribution in [0.4, 0.5) is 5.13 Å². The fourth-order valence-electron chi connectivity index (χ4n) is 2.88. The van der Waals surface area contributed by atoms with E-state index in [0.29, 0.717) is 28.2 Å². The highest BCUT2D eigenvalue weighted by Crippen LogP contribution is 2.26. The average Bonchev–Trinajstić information content (AvgIpc) is 2.98. The molecule has 2 aromatic rings. The van der Waals surface area contributed by atoms with Gasteiger partial charge in [0.1, 0.15) is 4.88 Å². The van der Waals surface area contributed by atoms with Crippen molar-refractivity contribution in [3.8, 4) is 0 Å². The van der Waals surface area contributed by atoms with E-state index in [1.54, 1.807) is 6.92 Å². The number of nitrogens with one attached hydrogen (secondary N) is 1. The van der Waals surface area contributed by atoms with Gasteiger partial charge in [0.15, 0.2) is 5.96 Å². The van der Waals surface area contributed by atoms with Crippen LogP contribution in [0.3, 0.4) is 0 Å². The van der Waals surface area contributed by atoms with E-state index < -0.39 is 0 Å². The lowest BCUT2D eigenvalue weighted by molar-refractivity contribution is 0.0956. The molecule has 0 bridgehead atoms. The van der Waals surface area contributed by atoms with Gasteiger partial charge in [0.25, 0.3) is 5.91 Å². The van der Waals surface area contributed by atoms with Gasteiger partial charge in [-0.2, -0.15) is 4.99 Å². The number of carbonyl (C=O) groups is 1. The molecule has 0 aliphatic rings. The number of hydrogen-bond acceptors (Lipinski definition) is 4. The van der Waals surface area contributed by atoms with Gasteiger partial charge < -0.3 is 16.8 Å². The minimum Gasteiger partial charge on any atom is -0.370 e. The molecule has 0 saturated heterocycles. The summed E-state index contributed by atoms with van der Waals surface area (Å²) in [5, 5.41) is 3.36. The number of nitrogens with zero attached hydrogens (tertiary/aromatic N) is 2. The number of aliphatic imine (C=N–C) groups is 1. The predicted molar refractivity (Wildman–Crippen MR) is 108 cm³/mol. The van der Waals surface area contributed by atoms with Crippen molar-refractivity contribution in [1.82, 2.24) is 10.3 Å². The zero-order chi connectivity index (χ0) is 18.9. The molecule has 1 aromatic heterocycles. The number of unbranched alkanes of at least 4 members (excludes halogenated alkanes) is 1. The minimum atomic E-state index is -0.118. The fraction of sp³-hybridized carbons (Fsp3) is 0.421. The number of amides is 1. The van der Waals surface area contributed by atoms with Crippen molar-refractivity contribution >= 4 is 28.3 Å². The van der Waals surface area contributed by atoms with Gasteiger partial charge in [0.05, 0.1) is 5.69 Å². The maximum atomic E-state index is 12.3. The number of rotatable bonds is 9. The molecule has 7 heteroatoms. The number of aromatic nitrogens is 1. The van der Waals surface area contributed by atoms with Crippen molar-refractivity contribution < 1.29 is 4.79 Å². The van der Waals surface area contributed by atoms with E-state index in [2.05, 4.69) is 46.5 Å². The standard InChI is InChI=1S/C19H27N5OS/c1-3-14(15-10-5-4-6-11-15)9-7-8-12-22-17(25)16-13(2)23-19(26-16)24-18(20)21/h4-6,10-11,14H,3,7-9,12H2,1-2H3,(H,22,25)(H4,20,21,23,24). The molecule has 1 heterocycles. The van der Waals surface area contributed by atoms with Crippen LogP contribution in [0.1, 0.15) is 59.5 Å². The van der Waals surface area contributed by atoms with Crippen LogP contribution in [-0.2, 0) is 0 Å². The summed E-state index contributed by atoms with van der Waals surface area (Å²) in [4.78, 5) is 20.9. The summed E-state index contributed by atoms with van der Waals surface area (Å²) in [5.74, 6) is 0.402. The highest BCUT2D eigenvalue weighted by Gasteiger charge is 2.15. The molecule has 0 fully saturated rings. The van der Waals surface area contributed by atoms with Gasteiger partial charge in [0.2, 0.25) is 5.13 Å². The maximum absolute atomic E-state index is 12.3. The van der Waals surface area contributed by atoms with E-state index in [4.69, 9.17) is 11.5 Å². The zero-order valence-corrected chi connectivity index (χ0v) is 16.2. The van der Waals surface area contributed by atoms with Gasteiger partial charge >= 0.3 is 0 Å². The topological polar surface area (TPSA) is 106 Å². The number of thiazole rings is 1. The quantitative estimate of drug-likeness (QED) is 0.355. The predicted octanol–water partition coefficient (Wildman–Crippen LogP) is 3.45. The Morgan fingerprint density at radius 1 is 1.27 bits per heavy atom. The van der Waals surface area contributed by atoms with Crippen LogP contribution in [0.5, 0.6) is 0 Å². The molecule has 0 spiro atoms. The Kier molecular flexibility index (Phi) is 7.59. The highest BCUT2D eigenvalue weighted by molar-refractivity contribution is 7.17. The number of carbonyl (C=O) groups excluding carboxylic acids is 1. The highest BCUT2D eigenvalue weighted by atomic mass is 32.1. The van der Waals surface area contributed by atoms with E-state index in [9.17, 15) is 4.79 Å². The molecule has 0 saturated carbocycles. The molecular formula is C19H27N5OS. The first kappa shape index (κ1) is 19.9. The van der Waals surface area contributed by atoms with Gasteiger partial charge in [-0.25, -0.2) is 4.98 Å². The van der Waals surface area contributed by atoms with Crippen LogP contribution in [0, 0.1) is 6.92 Å². The van der Waals surface area contributed by atoms with E-state index in [0.717, 1.165) is 25.7 Å². The van der Waals surface area contributed by atoms with Crippen molar-refractivity contribution in [2.75, 3.05) is 6.54 Å². The normalized spacial score (nSPS) is 11.8. The molecule has 1 atom stereocenters. The van der Waals surface area contributed by atoms with Crippen LogP contribution in [0.15, 0.2) is 35.3 Å². The third-order valence-electron chi connectivity index (χ3n) is 4.24. The number of benzene rings is 1. The third-order valence-corrected chi connectivity index (χ3v) is 5.30. The van der Waals surface area contributed by atoms with Crippen LogP contribution in [0.25, 0.3) is 0 Å². The van der Waals surface area contributed by atoms with Crippen molar-refractivity contribution in [1.29, 1.82) is 0 Å². The largest absolute Gasteiger partial charge is 0.370 e. The molecule has 0 radical (unpaired) electrons. The average molecular weight is 374 g/mol. The second kappa shape index (κ2) is 9.91. The Bertz CT molecular complexity index is 738. The number of aryl methyl sites for hydroxylation is 1. The molecule has 5 N–H and O–H groups in total. The SMILES string of the molecule is CCC(CCCCNC(=O)c1sc(N=C(N)N)nc1C)c1ccccc1. The first-order valence-electron chi connectivity index (χ1n) is 8.91. The smallest absolute Gasteiger partial charge is 0.263 e. The van der Waals surface area contributed by atoms with Crippen LogP contribution in [0.2, 0.25) is 0 Å². The molecule has 0 aliphatic carbocycles. The van der Waals surface area contributed by atoms with Gasteiger partial charge in [-0.15, -0.1) is 0 Å². The molecule has 140 valence electrons. The summed E-state index contributed by atoms with van der Waals surface area (Å²) >= 11 is 1.19. The number of guanidine groups is 1. The molecule has 1 amide bonds. The molecular weight excluding hydrogens is 346 g/mol.